The van der Waals surface area contributed by atoms with Gasteiger partial charge in [0.05, 0.1) is 16.2 Å². The predicted molar refractivity (Wildman–Crippen MR) is 149 cm³/mol. The average Bonchev–Trinajstić information content (AvgIpc) is 3.09. The van der Waals surface area contributed by atoms with Crippen LogP contribution in [0.3, 0.4) is 0 Å². The van der Waals surface area contributed by atoms with E-state index in [9.17, 15) is 14.7 Å². The number of carboxylic acids is 1. The summed E-state index contributed by atoms with van der Waals surface area (Å²) in [5.74, 6) is -0.735. The lowest BCUT2D eigenvalue weighted by Gasteiger charge is -2.13. The van der Waals surface area contributed by atoms with E-state index in [0.29, 0.717) is 21.9 Å². The van der Waals surface area contributed by atoms with Gasteiger partial charge in [-0.2, -0.15) is 0 Å². The maximum Gasteiger partial charge on any atom is 0.339 e. The molecule has 0 saturated carbocycles. The lowest BCUT2D eigenvalue weighted by atomic mass is 10.0. The van der Waals surface area contributed by atoms with Crippen molar-refractivity contribution in [3.05, 3.63) is 61.1 Å². The molecule has 1 amide bonds. The maximum absolute atomic E-state index is 13.0. The van der Waals surface area contributed by atoms with Crippen LogP contribution in [0.25, 0.3) is 11.1 Å². The fourth-order valence-corrected chi connectivity index (χ4v) is 6.68. The Morgan fingerprint density at radius 1 is 1.03 bits per heavy atom. The summed E-state index contributed by atoms with van der Waals surface area (Å²) < 4.78 is 8.73. The van der Waals surface area contributed by atoms with Crippen molar-refractivity contribution in [3.63, 3.8) is 0 Å². The molecule has 0 unspecified atom stereocenters. The number of halogens is 4. The highest BCUT2D eigenvalue weighted by atomic mass is 127. The number of amides is 1. The molecule has 0 saturated heterocycles. The van der Waals surface area contributed by atoms with Gasteiger partial charge in [-0.15, -0.1) is 11.3 Å². The first-order valence-electron chi connectivity index (χ1n) is 7.88. The van der Waals surface area contributed by atoms with Gasteiger partial charge in [0.1, 0.15) is 16.3 Å². The molecule has 0 radical (unpaired) electrons. The number of anilines is 1. The van der Waals surface area contributed by atoms with Gasteiger partial charge in [0.25, 0.3) is 5.91 Å². The van der Waals surface area contributed by atoms with E-state index < -0.39 is 5.97 Å². The molecule has 0 aliphatic heterocycles. The van der Waals surface area contributed by atoms with E-state index in [4.69, 9.17) is 4.74 Å². The Morgan fingerprint density at radius 2 is 1.69 bits per heavy atom. The van der Waals surface area contributed by atoms with Gasteiger partial charge in [-0.3, -0.25) is 4.79 Å². The summed E-state index contributed by atoms with van der Waals surface area (Å²) in [4.78, 5) is 25.0. The first-order chi connectivity index (χ1) is 13.7. The molecule has 0 aliphatic rings. The molecule has 10 heteroatoms. The van der Waals surface area contributed by atoms with Gasteiger partial charge >= 0.3 is 5.97 Å². The van der Waals surface area contributed by atoms with Crippen molar-refractivity contribution in [2.45, 2.75) is 0 Å². The molecule has 0 atom stereocenters. The second kappa shape index (κ2) is 9.95. The van der Waals surface area contributed by atoms with Crippen LogP contribution in [0.2, 0.25) is 0 Å². The van der Waals surface area contributed by atoms with Crippen LogP contribution in [-0.4, -0.2) is 24.1 Å². The Morgan fingerprint density at radius 3 is 2.28 bits per heavy atom. The summed E-state index contributed by atoms with van der Waals surface area (Å²) in [6.07, 6.45) is 0. The fourth-order valence-electron chi connectivity index (χ4n) is 2.60. The number of aromatic carboxylic acids is 1. The molecule has 0 aliphatic carbocycles. The van der Waals surface area contributed by atoms with Crippen molar-refractivity contribution < 1.29 is 19.4 Å². The molecule has 0 spiro atoms. The van der Waals surface area contributed by atoms with Gasteiger partial charge in [-0.25, -0.2) is 4.79 Å². The standard InChI is InChI=1S/C19H11I4NO4S/c1-28-12-6-11(21)14(16(23)15(12)22)17(25)24-18-13(19(26)27)10(7-29-18)8-2-4-9(20)5-3-8/h2-7H,1H3,(H,24,25)(H,26,27). The minimum Gasteiger partial charge on any atom is -0.496 e. The number of carbonyl (C=O) groups excluding carboxylic acids is 1. The Bertz CT molecular complexity index is 1110. The lowest BCUT2D eigenvalue weighted by Crippen LogP contribution is -2.17. The quantitative estimate of drug-likeness (QED) is 0.219. The highest BCUT2D eigenvalue weighted by Crippen LogP contribution is 2.37. The Labute approximate surface area is 225 Å². The zero-order valence-corrected chi connectivity index (χ0v) is 24.0. The van der Waals surface area contributed by atoms with E-state index in [-0.39, 0.29) is 11.5 Å². The van der Waals surface area contributed by atoms with Crippen molar-refractivity contribution in [2.24, 2.45) is 0 Å². The zero-order chi connectivity index (χ0) is 21.3. The molecule has 1 heterocycles. The second-order valence-electron chi connectivity index (χ2n) is 5.68. The van der Waals surface area contributed by atoms with Crippen LogP contribution in [0.15, 0.2) is 35.7 Å². The Balaban J connectivity index is 2.01. The van der Waals surface area contributed by atoms with E-state index in [1.54, 1.807) is 18.6 Å². The average molecular weight is 857 g/mol. The minimum absolute atomic E-state index is 0.0952. The molecule has 1 aromatic heterocycles. The highest BCUT2D eigenvalue weighted by Gasteiger charge is 2.24. The molecule has 2 aromatic carbocycles. The van der Waals surface area contributed by atoms with Crippen LogP contribution >= 0.6 is 102 Å². The van der Waals surface area contributed by atoms with E-state index in [1.165, 1.54) is 11.3 Å². The third kappa shape index (κ3) is 5.01. The Hall–Kier alpha value is -0.200. The molecule has 3 aromatic rings. The van der Waals surface area contributed by atoms with Crippen LogP contribution in [-0.2, 0) is 0 Å². The lowest BCUT2D eigenvalue weighted by molar-refractivity contribution is 0.0699. The summed E-state index contributed by atoms with van der Waals surface area (Å²) in [5.41, 5.74) is 1.97. The van der Waals surface area contributed by atoms with Crippen LogP contribution in [0.1, 0.15) is 20.7 Å². The fraction of sp³-hybridized carbons (Fsp3) is 0.0526. The summed E-state index contributed by atoms with van der Waals surface area (Å²) >= 11 is 9.73. The summed E-state index contributed by atoms with van der Waals surface area (Å²) in [7, 11) is 1.58. The topological polar surface area (TPSA) is 75.6 Å². The number of carbonyl (C=O) groups is 2. The number of ether oxygens (including phenoxy) is 1. The summed E-state index contributed by atoms with van der Waals surface area (Å²) in [5, 5.41) is 14.7. The number of benzene rings is 2. The van der Waals surface area contributed by atoms with E-state index in [1.807, 2.05) is 24.3 Å². The van der Waals surface area contributed by atoms with Crippen molar-refractivity contribution in [1.29, 1.82) is 0 Å². The van der Waals surface area contributed by atoms with Crippen molar-refractivity contribution in [2.75, 3.05) is 12.4 Å². The third-order valence-corrected chi connectivity index (χ3v) is 9.61. The molecular formula is C19H11I4NO4S. The molecular weight excluding hydrogens is 846 g/mol. The zero-order valence-electron chi connectivity index (χ0n) is 14.6. The van der Waals surface area contributed by atoms with Crippen LogP contribution in [0, 0.1) is 14.3 Å². The number of carboxylic acid groups (broad SMARTS) is 1. The predicted octanol–water partition coefficient (Wildman–Crippen LogP) is 6.79. The first kappa shape index (κ1) is 23.5. The third-order valence-electron chi connectivity index (χ3n) is 3.96. The molecule has 3 rings (SSSR count). The molecule has 29 heavy (non-hydrogen) atoms. The van der Waals surface area contributed by atoms with E-state index in [2.05, 4.69) is 95.7 Å². The van der Waals surface area contributed by atoms with Gasteiger partial charge in [0, 0.05) is 21.7 Å². The van der Waals surface area contributed by atoms with E-state index in [0.717, 1.165) is 19.8 Å². The van der Waals surface area contributed by atoms with Crippen LogP contribution in [0.4, 0.5) is 5.00 Å². The summed E-state index contributed by atoms with van der Waals surface area (Å²) in [6.45, 7) is 0. The van der Waals surface area contributed by atoms with Crippen molar-refractivity contribution in [3.8, 4) is 16.9 Å². The summed E-state index contributed by atoms with van der Waals surface area (Å²) in [6, 6.07) is 9.38. The number of hydrogen-bond acceptors (Lipinski definition) is 4. The Kier molecular flexibility index (Phi) is 8.05. The van der Waals surface area contributed by atoms with Gasteiger partial charge < -0.3 is 15.2 Å². The smallest absolute Gasteiger partial charge is 0.339 e. The normalized spacial score (nSPS) is 10.7. The molecule has 5 nitrogen and oxygen atoms in total. The largest absolute Gasteiger partial charge is 0.496 e. The molecule has 0 bridgehead atoms. The van der Waals surface area contributed by atoms with Gasteiger partial charge in [-0.1, -0.05) is 12.1 Å². The van der Waals surface area contributed by atoms with Crippen LogP contribution in [0.5, 0.6) is 5.75 Å². The molecule has 0 fully saturated rings. The van der Waals surface area contributed by atoms with Gasteiger partial charge in [0.15, 0.2) is 0 Å². The first-order valence-corrected chi connectivity index (χ1v) is 13.1. The van der Waals surface area contributed by atoms with Crippen molar-refractivity contribution >= 4 is 119 Å². The minimum atomic E-state index is -1.08. The monoisotopic (exact) mass is 857 g/mol. The van der Waals surface area contributed by atoms with Crippen molar-refractivity contribution in [1.82, 2.24) is 0 Å². The number of rotatable bonds is 5. The molecule has 150 valence electrons. The van der Waals surface area contributed by atoms with Gasteiger partial charge in [0.2, 0.25) is 0 Å². The highest BCUT2D eigenvalue weighted by molar-refractivity contribution is 14.1. The van der Waals surface area contributed by atoms with Crippen LogP contribution < -0.4 is 10.1 Å². The van der Waals surface area contributed by atoms with E-state index >= 15 is 0 Å². The number of methoxy groups -OCH3 is 1. The number of hydrogen-bond donors (Lipinski definition) is 2. The molecule has 2 N–H and O–H groups in total. The van der Waals surface area contributed by atoms with Gasteiger partial charge in [-0.05, 0) is 114 Å². The number of thiophene rings is 1. The number of nitrogens with one attached hydrogen (secondary N) is 1. The maximum atomic E-state index is 13.0. The second-order valence-corrected chi connectivity index (χ2v) is 11.1. The SMILES string of the molecule is COc1cc(I)c(C(=O)Nc2scc(-c3ccc(I)cc3)c2C(=O)O)c(I)c1I.